The quantitative estimate of drug-likeness (QED) is 0.114. The van der Waals surface area contributed by atoms with E-state index < -0.39 is 8.07 Å². The van der Waals surface area contributed by atoms with Crippen LogP contribution in [-0.4, -0.2) is 17.2 Å². The summed E-state index contributed by atoms with van der Waals surface area (Å²) in [5.74, 6) is 0. The lowest BCUT2D eigenvalue weighted by molar-refractivity contribution is 1.17. The van der Waals surface area contributed by atoms with Gasteiger partial charge < -0.3 is 9.13 Å². The topological polar surface area (TPSA) is 9.86 Å². The van der Waals surface area contributed by atoms with E-state index in [1.807, 2.05) is 0 Å². The zero-order valence-electron chi connectivity index (χ0n) is 31.3. The van der Waals surface area contributed by atoms with Crippen molar-refractivity contribution in [2.75, 3.05) is 0 Å². The normalized spacial score (nSPS) is 11.9. The third-order valence-corrected chi connectivity index (χ3v) is 16.6. The molecule has 2 nitrogen and oxygen atoms in total. The van der Waals surface area contributed by atoms with E-state index in [9.17, 15) is 0 Å². The molecular weight excluding hydrogens is 705 g/mol. The first-order chi connectivity index (χ1) is 28.3. The first-order valence-corrected chi connectivity index (χ1v) is 21.7. The third kappa shape index (κ3) is 5.10. The number of hydrogen-bond acceptors (Lipinski definition) is 0. The van der Waals surface area contributed by atoms with Gasteiger partial charge in [0.2, 0.25) is 0 Å². The van der Waals surface area contributed by atoms with Gasteiger partial charge >= 0.3 is 0 Å². The van der Waals surface area contributed by atoms with Crippen LogP contribution in [0.25, 0.3) is 66.1 Å². The van der Waals surface area contributed by atoms with E-state index in [1.54, 1.807) is 0 Å². The van der Waals surface area contributed by atoms with E-state index in [2.05, 4.69) is 240 Å². The van der Waals surface area contributed by atoms with Gasteiger partial charge in [0.1, 0.15) is 0 Å². The summed E-state index contributed by atoms with van der Waals surface area (Å²) >= 11 is 0. The zero-order chi connectivity index (χ0) is 37.8. The van der Waals surface area contributed by atoms with Crippen molar-refractivity contribution in [3.8, 4) is 22.5 Å². The Morgan fingerprint density at radius 2 is 0.789 bits per heavy atom. The summed E-state index contributed by atoms with van der Waals surface area (Å²) in [6, 6.07) is 85.3. The molecule has 0 aliphatic carbocycles. The van der Waals surface area contributed by atoms with Gasteiger partial charge in [-0.3, -0.25) is 0 Å². The maximum absolute atomic E-state index is 2.87. The van der Waals surface area contributed by atoms with Crippen LogP contribution in [0.1, 0.15) is 0 Å². The van der Waals surface area contributed by atoms with Crippen molar-refractivity contribution in [3.63, 3.8) is 0 Å². The Labute approximate surface area is 333 Å². The second-order valence-corrected chi connectivity index (χ2v) is 18.7. The molecule has 0 spiro atoms. The number of benzene rings is 9. The summed E-state index contributed by atoms with van der Waals surface area (Å²) in [6.45, 7) is 0. The maximum Gasteiger partial charge on any atom is 0.179 e. The van der Waals surface area contributed by atoms with Gasteiger partial charge in [-0.25, -0.2) is 0 Å². The predicted molar refractivity (Wildman–Crippen MR) is 244 cm³/mol. The fourth-order valence-corrected chi connectivity index (χ4v) is 14.3. The number of aromatic nitrogens is 2. The van der Waals surface area contributed by atoms with Crippen LogP contribution in [0.2, 0.25) is 0 Å². The molecule has 3 heteroatoms. The molecule has 57 heavy (non-hydrogen) atoms. The highest BCUT2D eigenvalue weighted by Gasteiger charge is 2.42. The summed E-state index contributed by atoms with van der Waals surface area (Å²) in [5, 5.41) is 10.4. The summed E-state index contributed by atoms with van der Waals surface area (Å²) < 4.78 is 4.97. The maximum atomic E-state index is 2.55. The number of hydrogen-bond donors (Lipinski definition) is 0. The number of nitrogens with zero attached hydrogens (tertiary/aromatic N) is 2. The molecular formula is C54H38N2Si. The molecule has 0 N–H and O–H groups in total. The lowest BCUT2D eigenvalue weighted by Gasteiger charge is -2.35. The van der Waals surface area contributed by atoms with E-state index in [4.69, 9.17) is 0 Å². The fraction of sp³-hybridized carbons (Fsp3) is 0. The smallest absolute Gasteiger partial charge is 0.179 e. The van der Waals surface area contributed by atoms with Gasteiger partial charge in [-0.1, -0.05) is 194 Å². The highest BCUT2D eigenvalue weighted by Crippen LogP contribution is 2.42. The van der Waals surface area contributed by atoms with Gasteiger partial charge in [-0.15, -0.1) is 0 Å². The van der Waals surface area contributed by atoms with E-state index in [-0.39, 0.29) is 0 Å². The van der Waals surface area contributed by atoms with Crippen molar-refractivity contribution in [3.05, 3.63) is 231 Å². The molecule has 0 radical (unpaired) electrons. The van der Waals surface area contributed by atoms with Gasteiger partial charge in [0, 0.05) is 32.8 Å². The molecule has 11 aromatic rings. The Bertz CT molecular complexity index is 3110. The van der Waals surface area contributed by atoms with Gasteiger partial charge in [-0.2, -0.15) is 0 Å². The van der Waals surface area contributed by atoms with Crippen LogP contribution in [0.3, 0.4) is 0 Å². The van der Waals surface area contributed by atoms with Crippen molar-refractivity contribution >= 4 is 72.4 Å². The highest BCUT2D eigenvalue weighted by atomic mass is 28.3. The molecule has 0 aliphatic heterocycles. The largest absolute Gasteiger partial charge is 0.309 e. The van der Waals surface area contributed by atoms with Crippen molar-refractivity contribution in [1.82, 2.24) is 9.13 Å². The summed E-state index contributed by atoms with van der Waals surface area (Å²) in [6.07, 6.45) is 0. The van der Waals surface area contributed by atoms with Gasteiger partial charge in [0.15, 0.2) is 8.07 Å². The minimum absolute atomic E-state index is 1.15. The summed E-state index contributed by atoms with van der Waals surface area (Å²) in [5.41, 5.74) is 9.54. The fourth-order valence-electron chi connectivity index (χ4n) is 9.51. The van der Waals surface area contributed by atoms with Crippen LogP contribution < -0.4 is 20.7 Å². The molecule has 11 rings (SSSR count). The molecule has 0 fully saturated rings. The Balaban J connectivity index is 1.32. The lowest BCUT2D eigenvalue weighted by Crippen LogP contribution is -2.74. The van der Waals surface area contributed by atoms with Crippen molar-refractivity contribution in [2.24, 2.45) is 0 Å². The van der Waals surface area contributed by atoms with Crippen LogP contribution >= 0.6 is 0 Å². The van der Waals surface area contributed by atoms with Crippen LogP contribution in [0.4, 0.5) is 0 Å². The Morgan fingerprint density at radius 3 is 1.39 bits per heavy atom. The molecule has 0 saturated heterocycles. The molecule has 0 unspecified atom stereocenters. The minimum Gasteiger partial charge on any atom is -0.309 e. The molecule has 0 saturated carbocycles. The molecule has 268 valence electrons. The zero-order valence-corrected chi connectivity index (χ0v) is 32.3. The lowest BCUT2D eigenvalue weighted by atomic mass is 10.0. The molecule has 0 amide bonds. The first kappa shape index (κ1) is 33.2. The van der Waals surface area contributed by atoms with E-state index >= 15 is 0 Å². The molecule has 0 aliphatic rings. The van der Waals surface area contributed by atoms with E-state index in [0.717, 1.165) is 5.69 Å². The second-order valence-electron chi connectivity index (χ2n) is 14.8. The highest BCUT2D eigenvalue weighted by molar-refractivity contribution is 7.20. The predicted octanol–water partition coefficient (Wildman–Crippen LogP) is 10.9. The average Bonchev–Trinajstić information content (AvgIpc) is 3.81. The SMILES string of the molecule is c1ccc(-c2cc([Si](c3ccccc3)(c3ccccc3)c3ccccc3)cc3c4ccccc4n(-c4cccc5c4c4ccccc4n5-c4ccccc4)c23)cc1. The Kier molecular flexibility index (Phi) is 7.87. The van der Waals surface area contributed by atoms with Crippen LogP contribution in [0.5, 0.6) is 0 Å². The summed E-state index contributed by atoms with van der Waals surface area (Å²) in [4.78, 5) is 0. The standard InChI is InChI=1S/C54H38N2Si/c1-6-21-39(22-7-1)47-37-44(57(41-25-10-3-11-26-41,42-27-12-4-13-28-42)43-29-14-5-15-30-43)38-48-45-31-16-18-33-49(45)56(54(47)48)52-36-20-35-51-53(52)46-32-17-19-34-50(46)55(51)40-23-8-2-9-24-40/h1-38H. The van der Waals surface area contributed by atoms with Crippen LogP contribution in [0, 0.1) is 0 Å². The van der Waals surface area contributed by atoms with Gasteiger partial charge in [0.25, 0.3) is 0 Å². The average molecular weight is 743 g/mol. The number of para-hydroxylation sites is 3. The number of fused-ring (bicyclic) bond motifs is 6. The Morgan fingerprint density at radius 1 is 0.316 bits per heavy atom. The first-order valence-electron chi connectivity index (χ1n) is 19.7. The van der Waals surface area contributed by atoms with E-state index in [1.165, 1.54) is 81.2 Å². The second kappa shape index (κ2) is 13.5. The summed E-state index contributed by atoms with van der Waals surface area (Å²) in [7, 11) is -2.87. The van der Waals surface area contributed by atoms with Gasteiger partial charge in [0.05, 0.1) is 27.8 Å². The van der Waals surface area contributed by atoms with Gasteiger partial charge in [-0.05, 0) is 62.7 Å². The van der Waals surface area contributed by atoms with E-state index in [0.29, 0.717) is 0 Å². The molecule has 0 bridgehead atoms. The monoisotopic (exact) mass is 742 g/mol. The van der Waals surface area contributed by atoms with Crippen LogP contribution in [-0.2, 0) is 0 Å². The molecule has 2 heterocycles. The minimum atomic E-state index is -2.87. The molecule has 0 atom stereocenters. The van der Waals surface area contributed by atoms with Crippen molar-refractivity contribution in [2.45, 2.75) is 0 Å². The third-order valence-electron chi connectivity index (χ3n) is 11.8. The molecule has 2 aromatic heterocycles. The molecule has 9 aromatic carbocycles. The van der Waals surface area contributed by atoms with Crippen molar-refractivity contribution in [1.29, 1.82) is 0 Å². The van der Waals surface area contributed by atoms with Crippen molar-refractivity contribution < 1.29 is 0 Å². The Hall–Kier alpha value is -7.20. The number of rotatable bonds is 7. The van der Waals surface area contributed by atoms with Crippen LogP contribution in [0.15, 0.2) is 231 Å².